The molecule has 0 saturated carbocycles. The van der Waals surface area contributed by atoms with E-state index in [-0.39, 0.29) is 11.7 Å². The molecule has 0 aliphatic carbocycles. The average Bonchev–Trinajstić information content (AvgIpc) is 3.23. The molecule has 124 valence electrons. The van der Waals surface area contributed by atoms with Gasteiger partial charge in [-0.2, -0.15) is 0 Å². The largest absolute Gasteiger partial charge is 0.335 e. The Morgan fingerprint density at radius 3 is 2.75 bits per heavy atom. The maximum Gasteiger partial charge on any atom is 0.234 e. The summed E-state index contributed by atoms with van der Waals surface area (Å²) < 4.78 is 1.42. The van der Waals surface area contributed by atoms with E-state index in [0.29, 0.717) is 11.0 Å². The van der Waals surface area contributed by atoms with Gasteiger partial charge in [-0.1, -0.05) is 36.9 Å². The molecule has 1 amide bonds. The van der Waals surface area contributed by atoms with Crippen LogP contribution >= 0.6 is 23.1 Å². The van der Waals surface area contributed by atoms with Crippen LogP contribution in [-0.4, -0.2) is 26.5 Å². The molecule has 0 aliphatic rings. The summed E-state index contributed by atoms with van der Waals surface area (Å²) in [6.07, 6.45) is 0.975. The summed E-state index contributed by atoms with van der Waals surface area (Å²) in [5.74, 6) is 6.72. The lowest BCUT2D eigenvalue weighted by atomic mass is 10.1. The van der Waals surface area contributed by atoms with Crippen LogP contribution in [0, 0.1) is 0 Å². The summed E-state index contributed by atoms with van der Waals surface area (Å²) in [6.45, 7) is 2.09. The van der Waals surface area contributed by atoms with Crippen LogP contribution in [0.3, 0.4) is 0 Å². The third kappa shape index (κ3) is 3.77. The molecule has 0 saturated heterocycles. The molecule has 3 aromatic rings. The number of aryl methyl sites for hydroxylation is 1. The second kappa shape index (κ2) is 7.50. The molecule has 0 unspecified atom stereocenters. The van der Waals surface area contributed by atoms with E-state index in [4.69, 9.17) is 5.84 Å². The highest BCUT2D eigenvalue weighted by atomic mass is 32.2. The van der Waals surface area contributed by atoms with E-state index < -0.39 is 0 Å². The first-order valence-electron chi connectivity index (χ1n) is 7.43. The van der Waals surface area contributed by atoms with E-state index in [2.05, 4.69) is 22.4 Å². The first-order valence-corrected chi connectivity index (χ1v) is 9.30. The molecule has 0 fully saturated rings. The van der Waals surface area contributed by atoms with E-state index >= 15 is 0 Å². The first-order chi connectivity index (χ1) is 11.7. The van der Waals surface area contributed by atoms with Crippen molar-refractivity contribution in [2.24, 2.45) is 0 Å². The molecule has 8 heteroatoms. The van der Waals surface area contributed by atoms with Crippen molar-refractivity contribution < 1.29 is 4.79 Å². The standard InChI is InChI=1S/C16H17N5OS2/c1-2-11-5-7-12(8-6-11)18-14(22)10-24-16-20-19-15(21(16)17)13-4-3-9-23-13/h3-9H,2,10,17H2,1H3,(H,18,22). The fourth-order valence-electron chi connectivity index (χ4n) is 2.10. The lowest BCUT2D eigenvalue weighted by Crippen LogP contribution is -2.16. The van der Waals surface area contributed by atoms with Gasteiger partial charge in [-0.25, -0.2) is 4.68 Å². The second-order valence-electron chi connectivity index (χ2n) is 5.04. The summed E-state index contributed by atoms with van der Waals surface area (Å²) in [6, 6.07) is 11.7. The Kier molecular flexibility index (Phi) is 5.17. The Morgan fingerprint density at radius 2 is 2.08 bits per heavy atom. The van der Waals surface area contributed by atoms with E-state index in [1.165, 1.54) is 22.0 Å². The van der Waals surface area contributed by atoms with Crippen molar-refractivity contribution in [3.63, 3.8) is 0 Å². The number of benzene rings is 1. The van der Waals surface area contributed by atoms with Crippen molar-refractivity contribution in [1.29, 1.82) is 0 Å². The van der Waals surface area contributed by atoms with E-state index in [9.17, 15) is 4.79 Å². The van der Waals surface area contributed by atoms with Gasteiger partial charge in [-0.3, -0.25) is 4.79 Å². The van der Waals surface area contributed by atoms with Gasteiger partial charge < -0.3 is 11.2 Å². The van der Waals surface area contributed by atoms with Gasteiger partial charge in [0.25, 0.3) is 0 Å². The number of hydrogen-bond donors (Lipinski definition) is 2. The first kappa shape index (κ1) is 16.5. The zero-order valence-corrected chi connectivity index (χ0v) is 14.7. The zero-order chi connectivity index (χ0) is 16.9. The summed E-state index contributed by atoms with van der Waals surface area (Å²) in [7, 11) is 0. The molecule has 0 radical (unpaired) electrons. The van der Waals surface area contributed by atoms with Crippen molar-refractivity contribution in [3.8, 4) is 10.7 Å². The van der Waals surface area contributed by atoms with Gasteiger partial charge in [0.2, 0.25) is 11.1 Å². The van der Waals surface area contributed by atoms with Crippen LogP contribution in [0.25, 0.3) is 10.7 Å². The summed E-state index contributed by atoms with van der Waals surface area (Å²) in [5.41, 5.74) is 2.02. The number of thioether (sulfide) groups is 1. The van der Waals surface area contributed by atoms with Crippen molar-refractivity contribution in [2.45, 2.75) is 18.5 Å². The van der Waals surface area contributed by atoms with E-state index in [0.717, 1.165) is 17.0 Å². The zero-order valence-electron chi connectivity index (χ0n) is 13.1. The lowest BCUT2D eigenvalue weighted by Gasteiger charge is -2.06. The Balaban J connectivity index is 1.58. The molecule has 24 heavy (non-hydrogen) atoms. The van der Waals surface area contributed by atoms with Crippen LogP contribution in [0.4, 0.5) is 5.69 Å². The molecular formula is C16H17N5OS2. The summed E-state index contributed by atoms with van der Waals surface area (Å²) in [4.78, 5) is 13.0. The van der Waals surface area contributed by atoms with E-state index in [1.807, 2.05) is 41.8 Å². The van der Waals surface area contributed by atoms with Crippen LogP contribution in [0.5, 0.6) is 0 Å². The summed E-state index contributed by atoms with van der Waals surface area (Å²) >= 11 is 2.80. The minimum absolute atomic E-state index is 0.107. The van der Waals surface area contributed by atoms with Crippen LogP contribution in [0.15, 0.2) is 46.9 Å². The quantitative estimate of drug-likeness (QED) is 0.522. The molecule has 6 nitrogen and oxygen atoms in total. The number of carbonyl (C=O) groups is 1. The highest BCUT2D eigenvalue weighted by molar-refractivity contribution is 7.99. The Hall–Kier alpha value is -2.32. The van der Waals surface area contributed by atoms with Crippen LogP contribution in [-0.2, 0) is 11.2 Å². The molecule has 3 N–H and O–H groups in total. The number of carbonyl (C=O) groups excluding carboxylic acids is 1. The third-order valence-electron chi connectivity index (χ3n) is 3.38. The van der Waals surface area contributed by atoms with Gasteiger partial charge in [-0.05, 0) is 35.6 Å². The van der Waals surface area contributed by atoms with E-state index in [1.54, 1.807) is 11.3 Å². The normalized spacial score (nSPS) is 10.7. The van der Waals surface area contributed by atoms with Gasteiger partial charge in [0.05, 0.1) is 10.6 Å². The Morgan fingerprint density at radius 1 is 1.29 bits per heavy atom. The number of rotatable bonds is 6. The number of aromatic nitrogens is 3. The predicted molar refractivity (Wildman–Crippen MR) is 98.7 cm³/mol. The van der Waals surface area contributed by atoms with Gasteiger partial charge in [-0.15, -0.1) is 21.5 Å². The number of nitrogens with zero attached hydrogens (tertiary/aromatic N) is 3. The minimum Gasteiger partial charge on any atom is -0.335 e. The predicted octanol–water partition coefficient (Wildman–Crippen LogP) is 3.01. The Bertz CT molecular complexity index is 812. The summed E-state index contributed by atoms with van der Waals surface area (Å²) in [5, 5.41) is 13.5. The number of thiophene rings is 1. The van der Waals surface area contributed by atoms with Gasteiger partial charge in [0, 0.05) is 5.69 Å². The fraction of sp³-hybridized carbons (Fsp3) is 0.188. The molecule has 1 aromatic carbocycles. The SMILES string of the molecule is CCc1ccc(NC(=O)CSc2nnc(-c3cccs3)n2N)cc1. The minimum atomic E-state index is -0.107. The lowest BCUT2D eigenvalue weighted by molar-refractivity contribution is -0.113. The monoisotopic (exact) mass is 359 g/mol. The van der Waals surface area contributed by atoms with Crippen LogP contribution in [0.2, 0.25) is 0 Å². The number of nitrogens with one attached hydrogen (secondary N) is 1. The van der Waals surface area contributed by atoms with Crippen LogP contribution in [0.1, 0.15) is 12.5 Å². The average molecular weight is 359 g/mol. The number of hydrogen-bond acceptors (Lipinski definition) is 6. The number of anilines is 1. The molecule has 3 rings (SSSR count). The highest BCUT2D eigenvalue weighted by Crippen LogP contribution is 2.25. The number of nitrogen functional groups attached to an aromatic ring is 1. The van der Waals surface area contributed by atoms with Crippen molar-refractivity contribution >= 4 is 34.7 Å². The Labute approximate surface area is 148 Å². The third-order valence-corrected chi connectivity index (χ3v) is 5.19. The molecule has 0 atom stereocenters. The molecule has 0 spiro atoms. The highest BCUT2D eigenvalue weighted by Gasteiger charge is 2.14. The van der Waals surface area contributed by atoms with Crippen molar-refractivity contribution in [3.05, 3.63) is 47.3 Å². The molecule has 2 aromatic heterocycles. The number of nitrogens with two attached hydrogens (primary N) is 1. The molecular weight excluding hydrogens is 342 g/mol. The molecule has 0 bridgehead atoms. The maximum atomic E-state index is 12.1. The van der Waals surface area contributed by atoms with Crippen LogP contribution < -0.4 is 11.2 Å². The topological polar surface area (TPSA) is 85.8 Å². The van der Waals surface area contributed by atoms with Gasteiger partial charge in [0.1, 0.15) is 0 Å². The fourth-order valence-corrected chi connectivity index (χ4v) is 3.46. The second-order valence-corrected chi connectivity index (χ2v) is 6.93. The molecule has 0 aliphatic heterocycles. The molecule has 2 heterocycles. The van der Waals surface area contributed by atoms with Gasteiger partial charge >= 0.3 is 0 Å². The maximum absolute atomic E-state index is 12.1. The van der Waals surface area contributed by atoms with Crippen molar-refractivity contribution in [1.82, 2.24) is 14.9 Å². The van der Waals surface area contributed by atoms with Gasteiger partial charge in [0.15, 0.2) is 5.82 Å². The van der Waals surface area contributed by atoms with Crippen molar-refractivity contribution in [2.75, 3.05) is 16.9 Å². The smallest absolute Gasteiger partial charge is 0.234 e. The number of amides is 1.